The van der Waals surface area contributed by atoms with Crippen LogP contribution in [-0.4, -0.2) is 44.9 Å². The van der Waals surface area contributed by atoms with Crippen LogP contribution in [0.1, 0.15) is 32.4 Å². The molecule has 3 amide bonds. The minimum absolute atomic E-state index is 0.0428. The summed E-state index contributed by atoms with van der Waals surface area (Å²) in [7, 11) is 1.95. The van der Waals surface area contributed by atoms with Gasteiger partial charge in [-0.2, -0.15) is 0 Å². The van der Waals surface area contributed by atoms with Gasteiger partial charge < -0.3 is 19.7 Å². The summed E-state index contributed by atoms with van der Waals surface area (Å²) < 4.78 is 15.9. The third-order valence-electron chi connectivity index (χ3n) is 5.00. The number of carbonyl (C=O) groups is 2. The number of aryl methyl sites for hydroxylation is 1. The Morgan fingerprint density at radius 2 is 1.93 bits per heavy atom. The molecule has 0 unspecified atom stereocenters. The lowest BCUT2D eigenvalue weighted by molar-refractivity contribution is -0.133. The van der Waals surface area contributed by atoms with E-state index in [2.05, 4.69) is 5.32 Å². The summed E-state index contributed by atoms with van der Waals surface area (Å²) >= 11 is 0. The van der Waals surface area contributed by atoms with E-state index in [0.717, 1.165) is 18.5 Å². The van der Waals surface area contributed by atoms with Crippen LogP contribution in [-0.2, 0) is 18.4 Å². The highest BCUT2D eigenvalue weighted by Gasteiger charge is 2.34. The smallest absolute Gasteiger partial charge is 0.322 e. The zero-order valence-corrected chi connectivity index (χ0v) is 16.6. The second kappa shape index (κ2) is 8.46. The Morgan fingerprint density at radius 3 is 2.50 bits per heavy atom. The number of hydrogen-bond acceptors (Lipinski definition) is 2. The zero-order valence-electron chi connectivity index (χ0n) is 16.6. The van der Waals surface area contributed by atoms with E-state index < -0.39 is 11.8 Å². The van der Waals surface area contributed by atoms with Crippen LogP contribution in [0.2, 0.25) is 0 Å². The van der Waals surface area contributed by atoms with E-state index in [-0.39, 0.29) is 30.2 Å². The number of carbonyl (C=O) groups excluding carboxylic acids is 2. The maximum atomic E-state index is 13.9. The van der Waals surface area contributed by atoms with Gasteiger partial charge in [0.2, 0.25) is 5.91 Å². The fourth-order valence-corrected chi connectivity index (χ4v) is 3.12. The molecule has 1 aromatic carbocycles. The van der Waals surface area contributed by atoms with Crippen molar-refractivity contribution in [1.82, 2.24) is 14.4 Å². The molecule has 1 aliphatic rings. The Morgan fingerprint density at radius 1 is 1.21 bits per heavy atom. The van der Waals surface area contributed by atoms with Gasteiger partial charge in [-0.05, 0) is 51.0 Å². The van der Waals surface area contributed by atoms with Crippen molar-refractivity contribution in [2.24, 2.45) is 7.05 Å². The molecular weight excluding hydrogens is 359 g/mol. The fraction of sp³-hybridized carbons (Fsp3) is 0.429. The predicted octanol–water partition coefficient (Wildman–Crippen LogP) is 3.60. The van der Waals surface area contributed by atoms with Crippen LogP contribution < -0.4 is 5.32 Å². The maximum absolute atomic E-state index is 13.9. The normalized spacial score (nSPS) is 13.5. The van der Waals surface area contributed by atoms with Gasteiger partial charge in [-0.15, -0.1) is 0 Å². The molecule has 1 heterocycles. The molecule has 7 heteroatoms. The molecule has 0 spiro atoms. The van der Waals surface area contributed by atoms with Crippen molar-refractivity contribution in [2.45, 2.75) is 45.3 Å². The highest BCUT2D eigenvalue weighted by Crippen LogP contribution is 2.29. The molecule has 150 valence electrons. The first-order valence-electron chi connectivity index (χ1n) is 9.58. The Bertz CT molecular complexity index is 844. The summed E-state index contributed by atoms with van der Waals surface area (Å²) in [6, 6.07) is 9.49. The first-order valence-corrected chi connectivity index (χ1v) is 9.58. The van der Waals surface area contributed by atoms with E-state index in [9.17, 15) is 14.0 Å². The number of benzene rings is 1. The van der Waals surface area contributed by atoms with Gasteiger partial charge in [0, 0.05) is 31.0 Å². The minimum atomic E-state index is -0.505. The number of anilines is 1. The molecule has 1 aromatic heterocycles. The third-order valence-corrected chi connectivity index (χ3v) is 5.00. The molecule has 2 aromatic rings. The van der Waals surface area contributed by atoms with Gasteiger partial charge in [0.05, 0.1) is 12.2 Å². The van der Waals surface area contributed by atoms with E-state index in [1.54, 1.807) is 12.1 Å². The van der Waals surface area contributed by atoms with Gasteiger partial charge in [-0.25, -0.2) is 9.18 Å². The molecule has 0 bridgehead atoms. The SMILES string of the molecule is CC(C)N(CC(=O)N(Cc1cccn1C)C1CC1)C(=O)Nc1ccccc1F. The molecule has 1 fully saturated rings. The number of rotatable bonds is 7. The topological polar surface area (TPSA) is 57.6 Å². The van der Waals surface area contributed by atoms with Gasteiger partial charge in [0.1, 0.15) is 12.4 Å². The Labute approximate surface area is 164 Å². The summed E-state index contributed by atoms with van der Waals surface area (Å²) in [5.41, 5.74) is 1.15. The molecule has 1 aliphatic carbocycles. The highest BCUT2D eigenvalue weighted by molar-refractivity contribution is 5.92. The largest absolute Gasteiger partial charge is 0.353 e. The minimum Gasteiger partial charge on any atom is -0.353 e. The summed E-state index contributed by atoms with van der Waals surface area (Å²) in [6.07, 6.45) is 3.92. The number of halogens is 1. The summed E-state index contributed by atoms with van der Waals surface area (Å²) in [5, 5.41) is 2.57. The molecule has 6 nitrogen and oxygen atoms in total. The average Bonchev–Trinajstić information content (AvgIpc) is 3.41. The van der Waals surface area contributed by atoms with Crippen LogP contribution in [0, 0.1) is 5.82 Å². The van der Waals surface area contributed by atoms with Gasteiger partial charge in [-0.3, -0.25) is 4.79 Å². The first-order chi connectivity index (χ1) is 13.4. The van der Waals surface area contributed by atoms with Crippen molar-refractivity contribution in [3.05, 3.63) is 54.1 Å². The number of urea groups is 1. The monoisotopic (exact) mass is 386 g/mol. The Hall–Kier alpha value is -2.83. The van der Waals surface area contributed by atoms with E-state index in [1.807, 2.05) is 48.7 Å². The maximum Gasteiger partial charge on any atom is 0.322 e. The number of amides is 3. The van der Waals surface area contributed by atoms with Crippen molar-refractivity contribution in [3.63, 3.8) is 0 Å². The van der Waals surface area contributed by atoms with Crippen LogP contribution in [0.3, 0.4) is 0 Å². The van der Waals surface area contributed by atoms with E-state index in [4.69, 9.17) is 0 Å². The number of hydrogen-bond donors (Lipinski definition) is 1. The summed E-state index contributed by atoms with van der Waals surface area (Å²) in [6.45, 7) is 4.16. The third kappa shape index (κ3) is 4.71. The van der Waals surface area contributed by atoms with Crippen LogP contribution in [0.25, 0.3) is 0 Å². The number of nitrogens with one attached hydrogen (secondary N) is 1. The summed E-state index contributed by atoms with van der Waals surface area (Å²) in [5.74, 6) is -0.602. The van der Waals surface area contributed by atoms with E-state index in [1.165, 1.54) is 17.0 Å². The number of aromatic nitrogens is 1. The molecule has 28 heavy (non-hydrogen) atoms. The molecule has 1 N–H and O–H groups in total. The van der Waals surface area contributed by atoms with Crippen molar-refractivity contribution >= 4 is 17.6 Å². The molecule has 0 saturated heterocycles. The first kappa shape index (κ1) is 19.9. The van der Waals surface area contributed by atoms with Crippen LogP contribution in [0.4, 0.5) is 14.9 Å². The molecule has 0 atom stereocenters. The van der Waals surface area contributed by atoms with Crippen molar-refractivity contribution < 1.29 is 14.0 Å². The molecular formula is C21H27FN4O2. The van der Waals surface area contributed by atoms with Gasteiger partial charge in [0.25, 0.3) is 0 Å². The predicted molar refractivity (Wildman–Crippen MR) is 106 cm³/mol. The van der Waals surface area contributed by atoms with Gasteiger partial charge in [0.15, 0.2) is 0 Å². The lowest BCUT2D eigenvalue weighted by atomic mass is 10.2. The van der Waals surface area contributed by atoms with E-state index >= 15 is 0 Å². The van der Waals surface area contributed by atoms with Gasteiger partial charge >= 0.3 is 6.03 Å². The van der Waals surface area contributed by atoms with Crippen LogP contribution >= 0.6 is 0 Å². The standard InChI is InChI=1S/C21H27FN4O2/c1-15(2)25(21(28)23-19-9-5-4-8-18(19)22)14-20(27)26(16-10-11-16)13-17-7-6-12-24(17)3/h4-9,12,15-16H,10-11,13-14H2,1-3H3,(H,23,28). The second-order valence-electron chi connectivity index (χ2n) is 7.49. The Balaban J connectivity index is 1.69. The highest BCUT2D eigenvalue weighted by atomic mass is 19.1. The zero-order chi connectivity index (χ0) is 20.3. The number of para-hydroxylation sites is 1. The lowest BCUT2D eigenvalue weighted by Gasteiger charge is -2.30. The van der Waals surface area contributed by atoms with E-state index in [0.29, 0.717) is 6.54 Å². The average molecular weight is 386 g/mol. The number of nitrogens with zero attached hydrogens (tertiary/aromatic N) is 3. The summed E-state index contributed by atoms with van der Waals surface area (Å²) in [4.78, 5) is 29.0. The fourth-order valence-electron chi connectivity index (χ4n) is 3.12. The van der Waals surface area contributed by atoms with Crippen molar-refractivity contribution in [1.29, 1.82) is 0 Å². The van der Waals surface area contributed by atoms with Gasteiger partial charge in [-0.1, -0.05) is 12.1 Å². The molecule has 0 aliphatic heterocycles. The van der Waals surface area contributed by atoms with Crippen LogP contribution in [0.5, 0.6) is 0 Å². The van der Waals surface area contributed by atoms with Crippen LogP contribution in [0.15, 0.2) is 42.6 Å². The lowest BCUT2D eigenvalue weighted by Crippen LogP contribution is -2.48. The quantitative estimate of drug-likeness (QED) is 0.790. The molecule has 0 radical (unpaired) electrons. The Kier molecular flexibility index (Phi) is 6.02. The second-order valence-corrected chi connectivity index (χ2v) is 7.49. The molecule has 3 rings (SSSR count). The van der Waals surface area contributed by atoms with Crippen molar-refractivity contribution in [2.75, 3.05) is 11.9 Å². The van der Waals surface area contributed by atoms with Crippen molar-refractivity contribution in [3.8, 4) is 0 Å². The molecule has 1 saturated carbocycles.